The SMILES string of the molecule is CCN(CC)c1ccc2cc(-c3ccc(/C(C)=C(\C#N)S(=O)(=O)NC[C@H]4OC(O)[C@H](C)[C@@H](O)[C@@H]4O)n3C)ccc2c1. The van der Waals surface area contributed by atoms with Crippen molar-refractivity contribution in [2.45, 2.75) is 52.3 Å². The summed E-state index contributed by atoms with van der Waals surface area (Å²) in [7, 11) is -2.50. The van der Waals surface area contributed by atoms with E-state index in [4.69, 9.17) is 4.74 Å². The highest BCUT2D eigenvalue weighted by molar-refractivity contribution is 7.93. The maximum absolute atomic E-state index is 13.1. The molecule has 1 fully saturated rings. The van der Waals surface area contributed by atoms with Gasteiger partial charge in [0.15, 0.2) is 11.2 Å². The monoisotopic (exact) mass is 582 g/mol. The number of fused-ring (bicyclic) bond motifs is 1. The lowest BCUT2D eigenvalue weighted by molar-refractivity contribution is -0.257. The van der Waals surface area contributed by atoms with Gasteiger partial charge in [-0.2, -0.15) is 5.26 Å². The van der Waals surface area contributed by atoms with E-state index < -0.39 is 52.0 Å². The van der Waals surface area contributed by atoms with Gasteiger partial charge in [0.2, 0.25) is 0 Å². The van der Waals surface area contributed by atoms with Crippen LogP contribution in [-0.2, 0) is 21.8 Å². The standard InChI is InChI=1S/C30H38N4O6S/c1-6-34(7-2)23-11-10-20-14-22(9-8-21(20)15-23)25-13-12-24(33(25)5)18(3)27(16-31)41(38,39)32-17-26-29(36)28(35)19(4)30(37)40-26/h8-15,19,26,28-30,32,35-37H,6-7,17H2,1-5H3/b27-18+/t19-,26-,28-,29-,30?/m1/s1. The Kier molecular flexibility index (Phi) is 9.23. The van der Waals surface area contributed by atoms with Gasteiger partial charge in [0.05, 0.1) is 6.10 Å². The second kappa shape index (κ2) is 12.3. The minimum atomic E-state index is -4.31. The third-order valence-electron chi connectivity index (χ3n) is 7.97. The molecule has 1 aliphatic rings. The smallest absolute Gasteiger partial charge is 0.251 e. The van der Waals surface area contributed by atoms with Crippen molar-refractivity contribution in [1.29, 1.82) is 5.26 Å². The number of nitriles is 1. The molecule has 1 saturated heterocycles. The number of nitrogens with zero attached hydrogens (tertiary/aromatic N) is 3. The second-order valence-electron chi connectivity index (χ2n) is 10.4. The van der Waals surface area contributed by atoms with Crippen molar-refractivity contribution in [2.24, 2.45) is 13.0 Å². The van der Waals surface area contributed by atoms with Gasteiger partial charge in [-0.25, -0.2) is 13.1 Å². The van der Waals surface area contributed by atoms with Gasteiger partial charge in [0.1, 0.15) is 18.3 Å². The summed E-state index contributed by atoms with van der Waals surface area (Å²) < 4.78 is 35.7. The first-order valence-electron chi connectivity index (χ1n) is 13.7. The van der Waals surface area contributed by atoms with Crippen LogP contribution in [0.2, 0.25) is 0 Å². The lowest BCUT2D eigenvalue weighted by Gasteiger charge is -2.39. The van der Waals surface area contributed by atoms with Crippen LogP contribution in [0.3, 0.4) is 0 Å². The Morgan fingerprint density at radius 1 is 1.05 bits per heavy atom. The van der Waals surface area contributed by atoms with Crippen LogP contribution < -0.4 is 9.62 Å². The molecule has 10 nitrogen and oxygen atoms in total. The van der Waals surface area contributed by atoms with Crippen LogP contribution in [-0.4, -0.2) is 72.5 Å². The molecule has 3 aromatic rings. The number of benzene rings is 2. The number of nitrogens with one attached hydrogen (secondary N) is 1. The van der Waals surface area contributed by atoms with E-state index in [9.17, 15) is 29.0 Å². The molecule has 220 valence electrons. The number of rotatable bonds is 9. The first-order chi connectivity index (χ1) is 19.4. The van der Waals surface area contributed by atoms with Crippen LogP contribution in [0.15, 0.2) is 53.4 Å². The minimum absolute atomic E-state index is 0.247. The molecule has 41 heavy (non-hydrogen) atoms. The molecule has 2 aromatic carbocycles. The van der Waals surface area contributed by atoms with Gasteiger partial charge in [-0.15, -0.1) is 0 Å². The van der Waals surface area contributed by atoms with Crippen molar-refractivity contribution in [3.05, 3.63) is 59.1 Å². The zero-order chi connectivity index (χ0) is 30.1. The number of ether oxygens (including phenoxy) is 1. The normalized spacial score (nSPS) is 23.7. The fourth-order valence-electron chi connectivity index (χ4n) is 5.33. The third kappa shape index (κ3) is 6.04. The molecule has 0 radical (unpaired) electrons. The molecular weight excluding hydrogens is 544 g/mol. The fraction of sp³-hybridized carbons (Fsp3) is 0.433. The number of aliphatic hydroxyl groups excluding tert-OH is 3. The van der Waals surface area contributed by atoms with E-state index in [1.54, 1.807) is 19.1 Å². The van der Waals surface area contributed by atoms with Gasteiger partial charge in [0, 0.05) is 55.2 Å². The number of anilines is 1. The van der Waals surface area contributed by atoms with Crippen LogP contribution >= 0.6 is 0 Å². The van der Waals surface area contributed by atoms with E-state index in [0.717, 1.165) is 35.1 Å². The van der Waals surface area contributed by atoms with Gasteiger partial charge in [0.25, 0.3) is 10.0 Å². The zero-order valence-electron chi connectivity index (χ0n) is 23.9. The van der Waals surface area contributed by atoms with Crippen molar-refractivity contribution in [3.63, 3.8) is 0 Å². The molecule has 4 rings (SSSR count). The highest BCUT2D eigenvalue weighted by Gasteiger charge is 2.42. The molecule has 2 heterocycles. The summed E-state index contributed by atoms with van der Waals surface area (Å²) in [4.78, 5) is 1.81. The summed E-state index contributed by atoms with van der Waals surface area (Å²) in [6.07, 6.45) is -5.25. The van der Waals surface area contributed by atoms with Crippen LogP contribution in [0.4, 0.5) is 5.69 Å². The number of hydrogen-bond acceptors (Lipinski definition) is 8. The predicted octanol–water partition coefficient (Wildman–Crippen LogP) is 2.94. The summed E-state index contributed by atoms with van der Waals surface area (Å²) in [5, 5.41) is 42.4. The van der Waals surface area contributed by atoms with Gasteiger partial charge in [-0.3, -0.25) is 0 Å². The molecule has 1 unspecified atom stereocenters. The van der Waals surface area contributed by atoms with E-state index in [1.807, 2.05) is 23.7 Å². The van der Waals surface area contributed by atoms with E-state index >= 15 is 0 Å². The Bertz CT molecular complexity index is 1590. The first-order valence-corrected chi connectivity index (χ1v) is 15.2. The first kappa shape index (κ1) is 30.7. The highest BCUT2D eigenvalue weighted by Crippen LogP contribution is 2.31. The Balaban J connectivity index is 1.60. The number of allylic oxidation sites excluding steroid dienone is 2. The van der Waals surface area contributed by atoms with E-state index in [0.29, 0.717) is 5.69 Å². The summed E-state index contributed by atoms with van der Waals surface area (Å²) in [6.45, 7) is 8.75. The number of hydrogen-bond donors (Lipinski definition) is 4. The van der Waals surface area contributed by atoms with Crippen LogP contribution in [0.25, 0.3) is 27.6 Å². The van der Waals surface area contributed by atoms with Gasteiger partial charge in [-0.05, 0) is 67.4 Å². The maximum atomic E-state index is 13.1. The van der Waals surface area contributed by atoms with E-state index in [2.05, 4.69) is 53.8 Å². The Morgan fingerprint density at radius 2 is 1.71 bits per heavy atom. The van der Waals surface area contributed by atoms with E-state index in [1.165, 1.54) is 12.6 Å². The molecular formula is C30H38N4O6S. The maximum Gasteiger partial charge on any atom is 0.251 e. The zero-order valence-corrected chi connectivity index (χ0v) is 24.8. The van der Waals surface area contributed by atoms with Crippen molar-refractivity contribution < 1.29 is 28.5 Å². The molecule has 0 spiro atoms. The average Bonchev–Trinajstić information content (AvgIpc) is 3.34. The fourth-order valence-corrected chi connectivity index (χ4v) is 6.49. The Hall–Kier alpha value is -3.24. The average molecular weight is 583 g/mol. The van der Waals surface area contributed by atoms with Crippen molar-refractivity contribution >= 4 is 32.1 Å². The van der Waals surface area contributed by atoms with Gasteiger partial charge >= 0.3 is 0 Å². The Labute approximate surface area is 241 Å². The summed E-state index contributed by atoms with van der Waals surface area (Å²) in [5.74, 6) is -0.742. The second-order valence-corrected chi connectivity index (χ2v) is 12.1. The molecule has 11 heteroatoms. The predicted molar refractivity (Wildman–Crippen MR) is 159 cm³/mol. The van der Waals surface area contributed by atoms with Crippen LogP contribution in [0.1, 0.15) is 33.4 Å². The largest absolute Gasteiger partial charge is 0.390 e. The minimum Gasteiger partial charge on any atom is -0.390 e. The molecule has 0 amide bonds. The lowest BCUT2D eigenvalue weighted by Crippen LogP contribution is -2.56. The van der Waals surface area contributed by atoms with E-state index in [-0.39, 0.29) is 5.57 Å². The molecule has 0 bridgehead atoms. The summed E-state index contributed by atoms with van der Waals surface area (Å²) in [6, 6.07) is 18.0. The molecule has 5 atom stereocenters. The number of aliphatic hydroxyl groups is 3. The van der Waals surface area contributed by atoms with Crippen molar-refractivity contribution in [1.82, 2.24) is 9.29 Å². The molecule has 4 N–H and O–H groups in total. The van der Waals surface area contributed by atoms with Crippen molar-refractivity contribution in [2.75, 3.05) is 24.5 Å². The highest BCUT2D eigenvalue weighted by atomic mass is 32.2. The lowest BCUT2D eigenvalue weighted by atomic mass is 9.92. The Morgan fingerprint density at radius 3 is 2.37 bits per heavy atom. The van der Waals surface area contributed by atoms with Gasteiger partial charge < -0.3 is 29.5 Å². The summed E-state index contributed by atoms with van der Waals surface area (Å²) in [5.41, 5.74) is 3.77. The van der Waals surface area contributed by atoms with Crippen LogP contribution in [0.5, 0.6) is 0 Å². The van der Waals surface area contributed by atoms with Gasteiger partial charge in [-0.1, -0.05) is 25.1 Å². The third-order valence-corrected chi connectivity index (χ3v) is 9.45. The molecule has 0 aliphatic carbocycles. The topological polar surface area (TPSA) is 148 Å². The van der Waals surface area contributed by atoms with Crippen molar-refractivity contribution in [3.8, 4) is 17.3 Å². The molecule has 0 saturated carbocycles. The number of aromatic nitrogens is 1. The van der Waals surface area contributed by atoms with Crippen LogP contribution in [0, 0.1) is 17.2 Å². The number of sulfonamides is 1. The molecule has 1 aliphatic heterocycles. The molecule has 1 aromatic heterocycles. The quantitative estimate of drug-likeness (QED) is 0.282. The summed E-state index contributed by atoms with van der Waals surface area (Å²) >= 11 is 0.